The van der Waals surface area contributed by atoms with Crippen molar-refractivity contribution in [1.29, 1.82) is 0 Å². The highest BCUT2D eigenvalue weighted by Crippen LogP contribution is 1.93. The summed E-state index contributed by atoms with van der Waals surface area (Å²) in [5.74, 6) is 0. The standard InChI is InChI=1S/C8H19NO4S/c1-3-12-7-5-9(14(10)11)6-8-13-4-2/h3-8H2,1-2H3,(H,10,11). The summed E-state index contributed by atoms with van der Waals surface area (Å²) in [5.41, 5.74) is 0. The molecule has 0 bridgehead atoms. The molecule has 14 heavy (non-hydrogen) atoms. The van der Waals surface area contributed by atoms with E-state index in [1.165, 1.54) is 4.31 Å². The van der Waals surface area contributed by atoms with Crippen molar-refractivity contribution in [2.24, 2.45) is 0 Å². The number of rotatable bonds is 9. The topological polar surface area (TPSA) is 59.0 Å². The van der Waals surface area contributed by atoms with E-state index in [0.717, 1.165) is 0 Å². The molecule has 6 heteroatoms. The SMILES string of the molecule is CCOCCN(CCOCC)S(=O)O. The van der Waals surface area contributed by atoms with E-state index in [1.807, 2.05) is 13.8 Å². The lowest BCUT2D eigenvalue weighted by atomic mass is 10.6. The molecule has 0 saturated heterocycles. The third kappa shape index (κ3) is 7.40. The maximum absolute atomic E-state index is 10.8. The van der Waals surface area contributed by atoms with E-state index in [1.54, 1.807) is 0 Å². The van der Waals surface area contributed by atoms with Crippen molar-refractivity contribution in [1.82, 2.24) is 4.31 Å². The molecule has 1 N–H and O–H groups in total. The van der Waals surface area contributed by atoms with Gasteiger partial charge in [0.15, 0.2) is 0 Å². The van der Waals surface area contributed by atoms with Crippen molar-refractivity contribution in [3.8, 4) is 0 Å². The van der Waals surface area contributed by atoms with E-state index in [4.69, 9.17) is 14.0 Å². The van der Waals surface area contributed by atoms with Crippen LogP contribution in [0.5, 0.6) is 0 Å². The van der Waals surface area contributed by atoms with Crippen LogP contribution < -0.4 is 0 Å². The first-order valence-electron chi connectivity index (χ1n) is 4.73. The molecule has 0 aromatic heterocycles. The summed E-state index contributed by atoms with van der Waals surface area (Å²) in [6, 6.07) is 0. The van der Waals surface area contributed by atoms with Crippen LogP contribution in [0.15, 0.2) is 0 Å². The Kier molecular flexibility index (Phi) is 9.53. The third-order valence-electron chi connectivity index (χ3n) is 1.60. The van der Waals surface area contributed by atoms with Crippen LogP contribution in [0.2, 0.25) is 0 Å². The van der Waals surface area contributed by atoms with Crippen LogP contribution in [0.3, 0.4) is 0 Å². The minimum Gasteiger partial charge on any atom is -0.380 e. The predicted octanol–water partition coefficient (Wildman–Crippen LogP) is 0.498. The van der Waals surface area contributed by atoms with Crippen LogP contribution >= 0.6 is 0 Å². The molecule has 0 aromatic rings. The molecule has 0 fully saturated rings. The first-order chi connectivity index (χ1) is 6.72. The van der Waals surface area contributed by atoms with Gasteiger partial charge >= 0.3 is 0 Å². The molecule has 0 aliphatic heterocycles. The van der Waals surface area contributed by atoms with Gasteiger partial charge in [-0.15, -0.1) is 0 Å². The zero-order valence-electron chi connectivity index (χ0n) is 8.77. The predicted molar refractivity (Wildman–Crippen MR) is 55.3 cm³/mol. The smallest absolute Gasteiger partial charge is 0.234 e. The van der Waals surface area contributed by atoms with Gasteiger partial charge in [0, 0.05) is 26.3 Å². The van der Waals surface area contributed by atoms with E-state index in [-0.39, 0.29) is 0 Å². The Hall–Kier alpha value is -0.0100. The van der Waals surface area contributed by atoms with Crippen molar-refractivity contribution >= 4 is 11.3 Å². The molecular weight excluding hydrogens is 206 g/mol. The first kappa shape index (κ1) is 14.0. The van der Waals surface area contributed by atoms with Gasteiger partial charge in [0.25, 0.3) is 0 Å². The summed E-state index contributed by atoms with van der Waals surface area (Å²) in [5, 5.41) is 0. The molecule has 1 atom stereocenters. The zero-order chi connectivity index (χ0) is 10.8. The maximum Gasteiger partial charge on any atom is 0.234 e. The fraction of sp³-hybridized carbons (Fsp3) is 1.00. The molecule has 86 valence electrons. The Bertz CT molecular complexity index is 146. The van der Waals surface area contributed by atoms with Crippen LogP contribution in [0.25, 0.3) is 0 Å². The van der Waals surface area contributed by atoms with Crippen LogP contribution in [-0.4, -0.2) is 52.6 Å². The Morgan fingerprint density at radius 1 is 1.14 bits per heavy atom. The fourth-order valence-corrected chi connectivity index (χ4v) is 1.35. The zero-order valence-corrected chi connectivity index (χ0v) is 9.59. The first-order valence-corrected chi connectivity index (χ1v) is 5.80. The van der Waals surface area contributed by atoms with Gasteiger partial charge < -0.3 is 9.47 Å². The Morgan fingerprint density at radius 3 is 1.86 bits per heavy atom. The van der Waals surface area contributed by atoms with Gasteiger partial charge in [-0.05, 0) is 13.8 Å². The molecular formula is C8H19NO4S. The summed E-state index contributed by atoms with van der Waals surface area (Å²) in [7, 11) is 0. The summed E-state index contributed by atoms with van der Waals surface area (Å²) in [4.78, 5) is 0. The normalized spacial score (nSPS) is 13.4. The number of hydrogen-bond donors (Lipinski definition) is 1. The van der Waals surface area contributed by atoms with E-state index in [0.29, 0.717) is 39.5 Å². The van der Waals surface area contributed by atoms with Gasteiger partial charge in [-0.25, -0.2) is 4.21 Å². The average Bonchev–Trinajstić information content (AvgIpc) is 2.15. The summed E-state index contributed by atoms with van der Waals surface area (Å²) < 4.78 is 31.3. The van der Waals surface area contributed by atoms with Crippen molar-refractivity contribution in [2.75, 3.05) is 39.5 Å². The molecule has 0 aromatic carbocycles. The Morgan fingerprint density at radius 2 is 1.57 bits per heavy atom. The lowest BCUT2D eigenvalue weighted by Gasteiger charge is -2.16. The number of ether oxygens (including phenoxy) is 2. The maximum atomic E-state index is 10.8. The third-order valence-corrected chi connectivity index (χ3v) is 2.41. The molecule has 0 saturated carbocycles. The average molecular weight is 225 g/mol. The molecule has 0 aliphatic rings. The summed E-state index contributed by atoms with van der Waals surface area (Å²) in [6.45, 7) is 6.85. The molecule has 5 nitrogen and oxygen atoms in total. The van der Waals surface area contributed by atoms with Crippen molar-refractivity contribution in [3.63, 3.8) is 0 Å². The molecule has 0 amide bonds. The van der Waals surface area contributed by atoms with Crippen LogP contribution in [-0.2, 0) is 20.7 Å². The summed E-state index contributed by atoms with van der Waals surface area (Å²) in [6.07, 6.45) is 0. The molecule has 0 rings (SSSR count). The van der Waals surface area contributed by atoms with Gasteiger partial charge in [0.2, 0.25) is 11.3 Å². The van der Waals surface area contributed by atoms with E-state index in [2.05, 4.69) is 0 Å². The highest BCUT2D eigenvalue weighted by molar-refractivity contribution is 7.76. The summed E-state index contributed by atoms with van der Waals surface area (Å²) >= 11 is -1.94. The van der Waals surface area contributed by atoms with Gasteiger partial charge in [0.1, 0.15) is 0 Å². The van der Waals surface area contributed by atoms with Gasteiger partial charge in [-0.1, -0.05) is 0 Å². The molecule has 0 radical (unpaired) electrons. The van der Waals surface area contributed by atoms with E-state index in [9.17, 15) is 4.21 Å². The second-order valence-corrected chi connectivity index (χ2v) is 3.53. The second-order valence-electron chi connectivity index (χ2n) is 2.55. The quantitative estimate of drug-likeness (QED) is 0.458. The highest BCUT2D eigenvalue weighted by atomic mass is 32.2. The fourth-order valence-electron chi connectivity index (χ4n) is 0.889. The largest absolute Gasteiger partial charge is 0.380 e. The van der Waals surface area contributed by atoms with Crippen molar-refractivity contribution in [3.05, 3.63) is 0 Å². The number of nitrogens with zero attached hydrogens (tertiary/aromatic N) is 1. The Labute approximate surface area is 87.8 Å². The van der Waals surface area contributed by atoms with Gasteiger partial charge in [-0.3, -0.25) is 4.55 Å². The Balaban J connectivity index is 3.61. The molecule has 0 aliphatic carbocycles. The van der Waals surface area contributed by atoms with Crippen LogP contribution in [0.1, 0.15) is 13.8 Å². The second kappa shape index (κ2) is 9.54. The van der Waals surface area contributed by atoms with Crippen LogP contribution in [0.4, 0.5) is 0 Å². The van der Waals surface area contributed by atoms with Gasteiger partial charge in [-0.2, -0.15) is 4.31 Å². The minimum absolute atomic E-state index is 0.448. The van der Waals surface area contributed by atoms with Crippen molar-refractivity contribution < 1.29 is 18.2 Å². The van der Waals surface area contributed by atoms with Crippen LogP contribution in [0, 0.1) is 0 Å². The highest BCUT2D eigenvalue weighted by Gasteiger charge is 2.09. The lowest BCUT2D eigenvalue weighted by molar-refractivity contribution is 0.110. The van der Waals surface area contributed by atoms with Gasteiger partial charge in [0.05, 0.1) is 13.2 Å². The van der Waals surface area contributed by atoms with Crippen molar-refractivity contribution in [2.45, 2.75) is 13.8 Å². The lowest BCUT2D eigenvalue weighted by Crippen LogP contribution is -2.32. The molecule has 1 unspecified atom stereocenters. The van der Waals surface area contributed by atoms with E-state index >= 15 is 0 Å². The van der Waals surface area contributed by atoms with E-state index < -0.39 is 11.3 Å². The minimum atomic E-state index is -1.94. The molecule has 0 spiro atoms. The molecule has 0 heterocycles. The monoisotopic (exact) mass is 225 g/mol. The number of hydrogen-bond acceptors (Lipinski definition) is 3.